The van der Waals surface area contributed by atoms with Crippen LogP contribution in [0.2, 0.25) is 0 Å². The Bertz CT molecular complexity index is 290. The maximum absolute atomic E-state index is 5.79. The van der Waals surface area contributed by atoms with Gasteiger partial charge in [0.05, 0.1) is 0 Å². The van der Waals surface area contributed by atoms with Gasteiger partial charge in [0.2, 0.25) is 0 Å². The molecule has 2 heteroatoms. The molecule has 64 valence electrons. The van der Waals surface area contributed by atoms with Crippen LogP contribution in [0, 0.1) is 6.92 Å². The van der Waals surface area contributed by atoms with E-state index < -0.39 is 0 Å². The minimum absolute atomic E-state index is 0.486. The molecule has 12 heavy (non-hydrogen) atoms. The Morgan fingerprint density at radius 2 is 2.08 bits per heavy atom. The Balaban J connectivity index is 3.02. The van der Waals surface area contributed by atoms with Crippen molar-refractivity contribution in [1.82, 2.24) is 0 Å². The van der Waals surface area contributed by atoms with Gasteiger partial charge in [0.15, 0.2) is 0 Å². The highest BCUT2D eigenvalue weighted by Crippen LogP contribution is 2.12. The quantitative estimate of drug-likeness (QED) is 0.687. The molecular formula is C10H14N2. The molecule has 1 rings (SSSR count). The number of hydrogen-bond acceptors (Lipinski definition) is 2. The average molecular weight is 162 g/mol. The predicted molar refractivity (Wildman–Crippen MR) is 52.4 cm³/mol. The summed E-state index contributed by atoms with van der Waals surface area (Å²) in [6.07, 6.45) is 1.82. The van der Waals surface area contributed by atoms with Crippen LogP contribution in [0.15, 0.2) is 30.3 Å². The van der Waals surface area contributed by atoms with Gasteiger partial charge in [-0.1, -0.05) is 24.3 Å². The van der Waals surface area contributed by atoms with Gasteiger partial charge in [-0.05, 0) is 18.6 Å². The molecule has 0 saturated heterocycles. The van der Waals surface area contributed by atoms with Gasteiger partial charge in [0.1, 0.15) is 0 Å². The SMILES string of the molecule is Cc1ccccc1/C(N)=C/CN. The normalized spacial score (nSPS) is 11.7. The first-order chi connectivity index (χ1) is 5.75. The van der Waals surface area contributed by atoms with Crippen molar-refractivity contribution in [3.8, 4) is 0 Å². The molecule has 1 aromatic rings. The molecule has 0 aliphatic carbocycles. The lowest BCUT2D eigenvalue weighted by Gasteiger charge is -2.04. The Morgan fingerprint density at radius 1 is 1.42 bits per heavy atom. The van der Waals surface area contributed by atoms with Crippen molar-refractivity contribution >= 4 is 5.70 Å². The molecule has 0 fully saturated rings. The average Bonchev–Trinajstić information content (AvgIpc) is 2.05. The Hall–Kier alpha value is -1.28. The fourth-order valence-corrected chi connectivity index (χ4v) is 1.13. The largest absolute Gasteiger partial charge is 0.398 e. The summed E-state index contributed by atoms with van der Waals surface area (Å²) in [7, 11) is 0. The molecule has 0 saturated carbocycles. The lowest BCUT2D eigenvalue weighted by molar-refractivity contribution is 1.24. The molecule has 4 N–H and O–H groups in total. The van der Waals surface area contributed by atoms with Crippen LogP contribution in [0.1, 0.15) is 11.1 Å². The molecule has 2 nitrogen and oxygen atoms in total. The molecule has 0 bridgehead atoms. The van der Waals surface area contributed by atoms with Crippen molar-refractivity contribution in [2.75, 3.05) is 6.54 Å². The minimum Gasteiger partial charge on any atom is -0.398 e. The number of benzene rings is 1. The molecule has 0 heterocycles. The highest BCUT2D eigenvalue weighted by Gasteiger charge is 1.97. The monoisotopic (exact) mass is 162 g/mol. The van der Waals surface area contributed by atoms with E-state index in [0.717, 1.165) is 11.3 Å². The zero-order chi connectivity index (χ0) is 8.97. The third-order valence-corrected chi connectivity index (χ3v) is 1.79. The zero-order valence-corrected chi connectivity index (χ0v) is 7.25. The third kappa shape index (κ3) is 1.86. The molecular weight excluding hydrogens is 148 g/mol. The first kappa shape index (κ1) is 8.81. The molecule has 0 spiro atoms. The van der Waals surface area contributed by atoms with Crippen LogP contribution in [0.3, 0.4) is 0 Å². The van der Waals surface area contributed by atoms with E-state index in [9.17, 15) is 0 Å². The van der Waals surface area contributed by atoms with Gasteiger partial charge in [-0.25, -0.2) is 0 Å². The van der Waals surface area contributed by atoms with Crippen molar-refractivity contribution in [2.24, 2.45) is 11.5 Å². The molecule has 0 aliphatic heterocycles. The van der Waals surface area contributed by atoms with E-state index in [4.69, 9.17) is 11.5 Å². The summed E-state index contributed by atoms with van der Waals surface area (Å²) in [5.74, 6) is 0. The molecule has 0 atom stereocenters. The topological polar surface area (TPSA) is 52.0 Å². The second kappa shape index (κ2) is 3.93. The van der Waals surface area contributed by atoms with Crippen molar-refractivity contribution in [3.63, 3.8) is 0 Å². The number of nitrogens with two attached hydrogens (primary N) is 2. The Labute approximate surface area is 72.9 Å². The fourth-order valence-electron chi connectivity index (χ4n) is 1.13. The Kier molecular flexibility index (Phi) is 2.88. The maximum atomic E-state index is 5.79. The van der Waals surface area contributed by atoms with E-state index in [0.29, 0.717) is 6.54 Å². The van der Waals surface area contributed by atoms with Crippen molar-refractivity contribution in [1.29, 1.82) is 0 Å². The summed E-state index contributed by atoms with van der Waals surface area (Å²) in [4.78, 5) is 0. The first-order valence-electron chi connectivity index (χ1n) is 3.97. The highest BCUT2D eigenvalue weighted by molar-refractivity contribution is 5.65. The van der Waals surface area contributed by atoms with Gasteiger partial charge in [0, 0.05) is 17.8 Å². The maximum Gasteiger partial charge on any atom is 0.0362 e. The fraction of sp³-hybridized carbons (Fsp3) is 0.200. The third-order valence-electron chi connectivity index (χ3n) is 1.79. The van der Waals surface area contributed by atoms with Gasteiger partial charge in [-0.3, -0.25) is 0 Å². The second-order valence-corrected chi connectivity index (χ2v) is 2.71. The van der Waals surface area contributed by atoms with E-state index >= 15 is 0 Å². The smallest absolute Gasteiger partial charge is 0.0362 e. The van der Waals surface area contributed by atoms with Crippen molar-refractivity contribution < 1.29 is 0 Å². The summed E-state index contributed by atoms with van der Waals surface area (Å²) >= 11 is 0. The highest BCUT2D eigenvalue weighted by atomic mass is 14.6. The Morgan fingerprint density at radius 3 is 2.67 bits per heavy atom. The van der Waals surface area contributed by atoms with E-state index in [2.05, 4.69) is 0 Å². The minimum atomic E-state index is 0.486. The predicted octanol–water partition coefficient (Wildman–Crippen LogP) is 1.25. The van der Waals surface area contributed by atoms with E-state index in [1.807, 2.05) is 37.3 Å². The number of aryl methyl sites for hydroxylation is 1. The summed E-state index contributed by atoms with van der Waals surface area (Å²) < 4.78 is 0. The molecule has 0 aliphatic rings. The van der Waals surface area contributed by atoms with E-state index in [1.165, 1.54) is 5.56 Å². The molecule has 0 amide bonds. The number of rotatable bonds is 2. The van der Waals surface area contributed by atoms with Gasteiger partial charge < -0.3 is 11.5 Å². The second-order valence-electron chi connectivity index (χ2n) is 2.71. The molecule has 0 aromatic heterocycles. The lowest BCUT2D eigenvalue weighted by Crippen LogP contribution is -2.03. The summed E-state index contributed by atoms with van der Waals surface area (Å²) in [6, 6.07) is 8.00. The molecule has 0 unspecified atom stereocenters. The lowest BCUT2D eigenvalue weighted by atomic mass is 10.1. The summed E-state index contributed by atoms with van der Waals surface area (Å²) in [5, 5.41) is 0. The van der Waals surface area contributed by atoms with Gasteiger partial charge in [-0.15, -0.1) is 0 Å². The van der Waals surface area contributed by atoms with Crippen LogP contribution in [0.25, 0.3) is 5.70 Å². The summed E-state index contributed by atoms with van der Waals surface area (Å²) in [5.41, 5.74) is 14.2. The standard InChI is InChI=1S/C10H14N2/c1-8-4-2-3-5-9(8)10(12)6-7-11/h2-6H,7,11-12H2,1H3/b10-6-. The van der Waals surface area contributed by atoms with Crippen LogP contribution >= 0.6 is 0 Å². The van der Waals surface area contributed by atoms with Crippen LogP contribution in [-0.2, 0) is 0 Å². The van der Waals surface area contributed by atoms with E-state index in [-0.39, 0.29) is 0 Å². The van der Waals surface area contributed by atoms with Gasteiger partial charge in [-0.2, -0.15) is 0 Å². The zero-order valence-electron chi connectivity index (χ0n) is 7.25. The van der Waals surface area contributed by atoms with Crippen LogP contribution < -0.4 is 11.5 Å². The first-order valence-corrected chi connectivity index (χ1v) is 3.97. The van der Waals surface area contributed by atoms with Crippen LogP contribution in [-0.4, -0.2) is 6.54 Å². The van der Waals surface area contributed by atoms with Crippen LogP contribution in [0.5, 0.6) is 0 Å². The van der Waals surface area contributed by atoms with Crippen molar-refractivity contribution in [2.45, 2.75) is 6.92 Å². The molecule has 1 aromatic carbocycles. The van der Waals surface area contributed by atoms with Gasteiger partial charge in [0.25, 0.3) is 0 Å². The van der Waals surface area contributed by atoms with E-state index in [1.54, 1.807) is 0 Å². The molecule has 0 radical (unpaired) electrons. The van der Waals surface area contributed by atoms with Crippen LogP contribution in [0.4, 0.5) is 0 Å². The summed E-state index contributed by atoms with van der Waals surface area (Å²) in [6.45, 7) is 2.52. The van der Waals surface area contributed by atoms with Crippen molar-refractivity contribution in [3.05, 3.63) is 41.5 Å². The number of hydrogen-bond donors (Lipinski definition) is 2. The van der Waals surface area contributed by atoms with Gasteiger partial charge >= 0.3 is 0 Å².